The van der Waals surface area contributed by atoms with Crippen LogP contribution in [0.1, 0.15) is 23.9 Å². The number of nitrogens with two attached hydrogens (primary N) is 1. The molecule has 0 atom stereocenters. The maximum atomic E-state index is 5.73. The lowest BCUT2D eigenvalue weighted by molar-refractivity contribution is 0.872. The van der Waals surface area contributed by atoms with Gasteiger partial charge >= 0.3 is 0 Å². The van der Waals surface area contributed by atoms with E-state index in [4.69, 9.17) is 5.73 Å². The van der Waals surface area contributed by atoms with Gasteiger partial charge in [0.05, 0.1) is 5.69 Å². The number of hydrogen-bond donors (Lipinski definition) is 1. The van der Waals surface area contributed by atoms with Crippen LogP contribution in [0.3, 0.4) is 0 Å². The monoisotopic (exact) mass is 233 g/mol. The fraction of sp³-hybridized carbons (Fsp3) is 0.333. The van der Waals surface area contributed by atoms with E-state index in [2.05, 4.69) is 16.9 Å². The summed E-state index contributed by atoms with van der Waals surface area (Å²) in [6, 6.07) is 3.96. The Morgan fingerprint density at radius 2 is 2.06 bits per heavy atom. The molecule has 84 valence electrons. The van der Waals surface area contributed by atoms with Gasteiger partial charge in [-0.2, -0.15) is 0 Å². The van der Waals surface area contributed by atoms with E-state index < -0.39 is 0 Å². The maximum Gasteiger partial charge on any atom is 0.124 e. The molecular weight excluding hydrogens is 218 g/mol. The van der Waals surface area contributed by atoms with Gasteiger partial charge in [0, 0.05) is 29.4 Å². The Kier molecular flexibility index (Phi) is 3.64. The van der Waals surface area contributed by atoms with Gasteiger partial charge in [0.1, 0.15) is 5.01 Å². The summed E-state index contributed by atoms with van der Waals surface area (Å²) in [4.78, 5) is 9.86. The SMILES string of the molecule is CCCc1nc(-c2ccncc2)sc1CN. The van der Waals surface area contributed by atoms with Gasteiger partial charge in [0.2, 0.25) is 0 Å². The summed E-state index contributed by atoms with van der Waals surface area (Å²) in [5.41, 5.74) is 8.01. The number of aryl methyl sites for hydroxylation is 1. The minimum absolute atomic E-state index is 0.581. The molecule has 0 aromatic carbocycles. The Morgan fingerprint density at radius 3 is 2.69 bits per heavy atom. The molecule has 0 aliphatic heterocycles. The molecule has 3 nitrogen and oxygen atoms in total. The molecule has 0 aliphatic rings. The Hall–Kier alpha value is -1.26. The lowest BCUT2D eigenvalue weighted by Gasteiger charge is -1.94. The van der Waals surface area contributed by atoms with Crippen molar-refractivity contribution in [3.05, 3.63) is 35.1 Å². The fourth-order valence-electron chi connectivity index (χ4n) is 1.59. The van der Waals surface area contributed by atoms with Gasteiger partial charge in [0.15, 0.2) is 0 Å². The van der Waals surface area contributed by atoms with Crippen molar-refractivity contribution in [3.63, 3.8) is 0 Å². The van der Waals surface area contributed by atoms with E-state index in [1.807, 2.05) is 12.1 Å². The molecule has 0 bridgehead atoms. The second-order valence-electron chi connectivity index (χ2n) is 3.58. The van der Waals surface area contributed by atoms with Crippen LogP contribution in [-0.4, -0.2) is 9.97 Å². The summed E-state index contributed by atoms with van der Waals surface area (Å²) >= 11 is 1.69. The maximum absolute atomic E-state index is 5.73. The van der Waals surface area contributed by atoms with Crippen molar-refractivity contribution in [3.8, 4) is 10.6 Å². The number of pyridine rings is 1. The first-order valence-electron chi connectivity index (χ1n) is 5.44. The Balaban J connectivity index is 2.36. The molecule has 4 heteroatoms. The molecule has 0 aliphatic carbocycles. The zero-order chi connectivity index (χ0) is 11.4. The van der Waals surface area contributed by atoms with Crippen molar-refractivity contribution in [1.29, 1.82) is 0 Å². The van der Waals surface area contributed by atoms with E-state index >= 15 is 0 Å². The van der Waals surface area contributed by atoms with Crippen molar-refractivity contribution in [1.82, 2.24) is 9.97 Å². The normalized spacial score (nSPS) is 10.6. The summed E-state index contributed by atoms with van der Waals surface area (Å²) in [7, 11) is 0. The van der Waals surface area contributed by atoms with Gasteiger partial charge in [-0.05, 0) is 18.6 Å². The van der Waals surface area contributed by atoms with E-state index in [-0.39, 0.29) is 0 Å². The summed E-state index contributed by atoms with van der Waals surface area (Å²) in [6.07, 6.45) is 5.69. The number of nitrogens with zero attached hydrogens (tertiary/aromatic N) is 2. The summed E-state index contributed by atoms with van der Waals surface area (Å²) in [6.45, 7) is 2.74. The first-order chi connectivity index (χ1) is 7.85. The van der Waals surface area contributed by atoms with Crippen LogP contribution in [0.5, 0.6) is 0 Å². The molecule has 2 aromatic rings. The highest BCUT2D eigenvalue weighted by Gasteiger charge is 2.10. The largest absolute Gasteiger partial charge is 0.326 e. The van der Waals surface area contributed by atoms with E-state index in [9.17, 15) is 0 Å². The molecule has 2 aromatic heterocycles. The van der Waals surface area contributed by atoms with Crippen molar-refractivity contribution in [2.24, 2.45) is 5.73 Å². The van der Waals surface area contributed by atoms with Crippen LogP contribution in [0, 0.1) is 0 Å². The first-order valence-corrected chi connectivity index (χ1v) is 6.25. The van der Waals surface area contributed by atoms with Crippen LogP contribution in [0.2, 0.25) is 0 Å². The molecular formula is C12H15N3S. The number of rotatable bonds is 4. The van der Waals surface area contributed by atoms with Crippen LogP contribution in [0.15, 0.2) is 24.5 Å². The quantitative estimate of drug-likeness (QED) is 0.883. The summed E-state index contributed by atoms with van der Waals surface area (Å²) in [5, 5.41) is 1.05. The van der Waals surface area contributed by atoms with Crippen LogP contribution >= 0.6 is 11.3 Å². The Bertz CT molecular complexity index is 451. The highest BCUT2D eigenvalue weighted by Crippen LogP contribution is 2.28. The molecule has 0 radical (unpaired) electrons. The van der Waals surface area contributed by atoms with E-state index in [1.165, 1.54) is 4.88 Å². The lowest BCUT2D eigenvalue weighted by Crippen LogP contribution is -1.97. The lowest BCUT2D eigenvalue weighted by atomic mass is 10.2. The molecule has 16 heavy (non-hydrogen) atoms. The zero-order valence-corrected chi connectivity index (χ0v) is 10.1. The minimum atomic E-state index is 0.581. The molecule has 0 spiro atoms. The molecule has 2 N–H and O–H groups in total. The van der Waals surface area contributed by atoms with Crippen LogP contribution in [0.4, 0.5) is 0 Å². The van der Waals surface area contributed by atoms with Gasteiger partial charge in [-0.3, -0.25) is 4.98 Å². The molecule has 0 saturated carbocycles. The summed E-state index contributed by atoms with van der Waals surface area (Å²) < 4.78 is 0. The van der Waals surface area contributed by atoms with Gasteiger partial charge in [-0.1, -0.05) is 13.3 Å². The molecule has 2 heterocycles. The van der Waals surface area contributed by atoms with Crippen molar-refractivity contribution < 1.29 is 0 Å². The molecule has 2 rings (SSSR count). The van der Waals surface area contributed by atoms with E-state index in [1.54, 1.807) is 23.7 Å². The average Bonchev–Trinajstić information content (AvgIpc) is 2.74. The summed E-state index contributed by atoms with van der Waals surface area (Å²) in [5.74, 6) is 0. The van der Waals surface area contributed by atoms with E-state index in [0.29, 0.717) is 6.54 Å². The van der Waals surface area contributed by atoms with Gasteiger partial charge in [0.25, 0.3) is 0 Å². The van der Waals surface area contributed by atoms with Gasteiger partial charge in [-0.25, -0.2) is 4.98 Å². The topological polar surface area (TPSA) is 51.8 Å². The zero-order valence-electron chi connectivity index (χ0n) is 9.31. The van der Waals surface area contributed by atoms with Crippen molar-refractivity contribution in [2.75, 3.05) is 0 Å². The highest BCUT2D eigenvalue weighted by molar-refractivity contribution is 7.15. The van der Waals surface area contributed by atoms with Gasteiger partial charge < -0.3 is 5.73 Å². The standard InChI is InChI=1S/C12H15N3S/c1-2-3-10-11(8-13)16-12(15-10)9-4-6-14-7-5-9/h4-7H,2-3,8,13H2,1H3. The molecule has 0 amide bonds. The Morgan fingerprint density at radius 1 is 1.31 bits per heavy atom. The predicted molar refractivity (Wildman–Crippen MR) is 67.2 cm³/mol. The number of thiazole rings is 1. The van der Waals surface area contributed by atoms with Crippen LogP contribution in [0.25, 0.3) is 10.6 Å². The smallest absolute Gasteiger partial charge is 0.124 e. The fourth-order valence-corrected chi connectivity index (χ4v) is 2.58. The van der Waals surface area contributed by atoms with Gasteiger partial charge in [-0.15, -0.1) is 11.3 Å². The number of hydrogen-bond acceptors (Lipinski definition) is 4. The van der Waals surface area contributed by atoms with E-state index in [0.717, 1.165) is 29.1 Å². The van der Waals surface area contributed by atoms with Crippen LogP contribution < -0.4 is 5.73 Å². The molecule has 0 saturated heterocycles. The second-order valence-corrected chi connectivity index (χ2v) is 4.66. The van der Waals surface area contributed by atoms with Crippen LogP contribution in [-0.2, 0) is 13.0 Å². The van der Waals surface area contributed by atoms with Crippen molar-refractivity contribution in [2.45, 2.75) is 26.3 Å². The minimum Gasteiger partial charge on any atom is -0.326 e. The average molecular weight is 233 g/mol. The third-order valence-electron chi connectivity index (χ3n) is 2.38. The second kappa shape index (κ2) is 5.18. The number of aromatic nitrogens is 2. The highest BCUT2D eigenvalue weighted by atomic mass is 32.1. The van der Waals surface area contributed by atoms with Crippen molar-refractivity contribution >= 4 is 11.3 Å². The predicted octanol–water partition coefficient (Wildman–Crippen LogP) is 2.62. The molecule has 0 fully saturated rings. The third-order valence-corrected chi connectivity index (χ3v) is 3.55. The third kappa shape index (κ3) is 2.28. The Labute approximate surface area is 99.4 Å². The molecule has 0 unspecified atom stereocenters. The first kappa shape index (κ1) is 11.2.